The smallest absolute Gasteiger partial charge is 0.242 e. The molecule has 0 aliphatic heterocycles. The second-order valence-electron chi connectivity index (χ2n) is 4.34. The van der Waals surface area contributed by atoms with Gasteiger partial charge in [-0.15, -0.1) is 0 Å². The largest absolute Gasteiger partial charge is 0.385 e. The highest BCUT2D eigenvalue weighted by Crippen LogP contribution is 2.10. The zero-order valence-corrected chi connectivity index (χ0v) is 12.3. The number of hydrogen-bond donors (Lipinski definition) is 3. The van der Waals surface area contributed by atoms with E-state index in [2.05, 4.69) is 15.0 Å². The molecule has 1 rings (SSSR count). The zero-order chi connectivity index (χ0) is 14.1. The van der Waals surface area contributed by atoms with Gasteiger partial charge in [0.2, 0.25) is 10.0 Å². The van der Waals surface area contributed by atoms with Gasteiger partial charge in [0.05, 0.1) is 4.90 Å². The third kappa shape index (κ3) is 5.73. The van der Waals surface area contributed by atoms with Gasteiger partial charge in [-0.25, -0.2) is 13.1 Å². The molecular weight excluding hydrogens is 266 g/mol. The van der Waals surface area contributed by atoms with Crippen LogP contribution in [0.4, 0.5) is 0 Å². The van der Waals surface area contributed by atoms with E-state index in [4.69, 9.17) is 4.74 Å². The van der Waals surface area contributed by atoms with Crippen LogP contribution in [0.3, 0.4) is 0 Å². The molecular formula is C12H23N3O3S. The Morgan fingerprint density at radius 2 is 2.11 bits per heavy atom. The summed E-state index contributed by atoms with van der Waals surface area (Å²) >= 11 is 0. The van der Waals surface area contributed by atoms with Crippen LogP contribution in [-0.4, -0.2) is 40.7 Å². The number of H-pyrrole nitrogens is 1. The van der Waals surface area contributed by atoms with Crippen LogP contribution >= 0.6 is 0 Å². The topological polar surface area (TPSA) is 83.2 Å². The van der Waals surface area contributed by atoms with Crippen LogP contribution in [-0.2, 0) is 21.3 Å². The van der Waals surface area contributed by atoms with Gasteiger partial charge in [0, 0.05) is 38.7 Å². The summed E-state index contributed by atoms with van der Waals surface area (Å²) < 4.78 is 31.5. The molecule has 1 heterocycles. The number of aromatic nitrogens is 1. The highest BCUT2D eigenvalue weighted by atomic mass is 32.2. The minimum Gasteiger partial charge on any atom is -0.385 e. The molecule has 0 aromatic carbocycles. The van der Waals surface area contributed by atoms with Crippen molar-refractivity contribution < 1.29 is 13.2 Å². The zero-order valence-electron chi connectivity index (χ0n) is 11.5. The maximum absolute atomic E-state index is 12.0. The summed E-state index contributed by atoms with van der Waals surface area (Å²) in [6, 6.07) is 1.64. The van der Waals surface area contributed by atoms with Crippen molar-refractivity contribution in [3.8, 4) is 0 Å². The Balaban J connectivity index is 2.38. The lowest BCUT2D eigenvalue weighted by Gasteiger charge is -2.04. The Morgan fingerprint density at radius 3 is 2.79 bits per heavy atom. The molecule has 1 aromatic heterocycles. The summed E-state index contributed by atoms with van der Waals surface area (Å²) in [4.78, 5) is 3.22. The van der Waals surface area contributed by atoms with Gasteiger partial charge in [-0.2, -0.15) is 0 Å². The molecule has 1 aromatic rings. The molecule has 0 fully saturated rings. The molecule has 0 atom stereocenters. The van der Waals surface area contributed by atoms with Crippen LogP contribution in [0, 0.1) is 0 Å². The van der Waals surface area contributed by atoms with E-state index in [0.29, 0.717) is 13.1 Å². The van der Waals surface area contributed by atoms with E-state index in [-0.39, 0.29) is 4.90 Å². The van der Waals surface area contributed by atoms with Crippen molar-refractivity contribution in [2.45, 2.75) is 30.7 Å². The third-order valence-electron chi connectivity index (χ3n) is 2.71. The Labute approximate surface area is 115 Å². The first-order chi connectivity index (χ1) is 9.10. The normalized spacial score (nSPS) is 11.9. The quantitative estimate of drug-likeness (QED) is 0.557. The first kappa shape index (κ1) is 16.2. The van der Waals surface area contributed by atoms with E-state index in [1.54, 1.807) is 13.2 Å². The van der Waals surface area contributed by atoms with E-state index >= 15 is 0 Å². The molecule has 19 heavy (non-hydrogen) atoms. The number of unbranched alkanes of at least 4 members (excludes halogenated alkanes) is 2. The number of sulfonamides is 1. The molecule has 0 saturated carbocycles. The lowest BCUT2D eigenvalue weighted by Crippen LogP contribution is -2.24. The first-order valence-electron chi connectivity index (χ1n) is 6.40. The molecule has 0 aliphatic carbocycles. The van der Waals surface area contributed by atoms with Gasteiger partial charge in [-0.3, -0.25) is 0 Å². The molecule has 0 bridgehead atoms. The summed E-state index contributed by atoms with van der Waals surface area (Å²) in [7, 11) is 0.0860. The van der Waals surface area contributed by atoms with Crippen molar-refractivity contribution in [2.75, 3.05) is 27.3 Å². The van der Waals surface area contributed by atoms with Gasteiger partial charge < -0.3 is 15.0 Å². The van der Waals surface area contributed by atoms with E-state index in [9.17, 15) is 8.42 Å². The fourth-order valence-corrected chi connectivity index (χ4v) is 2.80. The predicted octanol–water partition coefficient (Wildman–Crippen LogP) is 0.829. The minimum absolute atomic E-state index is 0.287. The number of aromatic amines is 1. The maximum Gasteiger partial charge on any atom is 0.242 e. The molecule has 0 unspecified atom stereocenters. The van der Waals surface area contributed by atoms with Crippen LogP contribution in [0.25, 0.3) is 0 Å². The van der Waals surface area contributed by atoms with E-state index in [1.165, 1.54) is 6.20 Å². The van der Waals surface area contributed by atoms with Crippen LogP contribution in [0.2, 0.25) is 0 Å². The van der Waals surface area contributed by atoms with Gasteiger partial charge in [-0.1, -0.05) is 0 Å². The molecule has 0 amide bonds. The Morgan fingerprint density at radius 1 is 1.32 bits per heavy atom. The van der Waals surface area contributed by atoms with Crippen LogP contribution in [0.15, 0.2) is 17.2 Å². The van der Waals surface area contributed by atoms with Crippen molar-refractivity contribution in [2.24, 2.45) is 0 Å². The molecule has 0 spiro atoms. The van der Waals surface area contributed by atoms with Crippen molar-refractivity contribution >= 4 is 10.0 Å². The van der Waals surface area contributed by atoms with Gasteiger partial charge in [-0.05, 0) is 32.4 Å². The summed E-state index contributed by atoms with van der Waals surface area (Å²) in [5, 5.41) is 2.96. The monoisotopic (exact) mass is 289 g/mol. The SMILES string of the molecule is CNCc1cc(S(=O)(=O)NCCCCCOC)c[nH]1. The second kappa shape index (κ2) is 8.31. The highest BCUT2D eigenvalue weighted by Gasteiger charge is 2.14. The molecule has 0 saturated heterocycles. The fourth-order valence-electron chi connectivity index (χ4n) is 1.70. The molecule has 3 N–H and O–H groups in total. The van der Waals surface area contributed by atoms with E-state index in [1.807, 2.05) is 7.05 Å². The fraction of sp³-hybridized carbons (Fsp3) is 0.667. The number of rotatable bonds is 10. The Hall–Kier alpha value is -0.890. The Kier molecular flexibility index (Phi) is 7.07. The third-order valence-corrected chi connectivity index (χ3v) is 4.15. The van der Waals surface area contributed by atoms with Gasteiger partial charge in [0.15, 0.2) is 0 Å². The van der Waals surface area contributed by atoms with Gasteiger partial charge in [0.1, 0.15) is 0 Å². The Bertz CT molecular complexity index is 457. The molecule has 7 heteroatoms. The summed E-state index contributed by atoms with van der Waals surface area (Å²) in [5.74, 6) is 0. The molecule has 0 radical (unpaired) electrons. The number of hydrogen-bond acceptors (Lipinski definition) is 4. The van der Waals surface area contributed by atoms with E-state index in [0.717, 1.165) is 31.6 Å². The number of ether oxygens (including phenoxy) is 1. The standard InChI is InChI=1S/C12H23N3O3S/c1-13-9-11-8-12(10-14-11)19(16,17)15-6-4-3-5-7-18-2/h8,10,13-15H,3-7,9H2,1-2H3. The summed E-state index contributed by atoms with van der Waals surface area (Å²) in [6.07, 6.45) is 4.24. The minimum atomic E-state index is -3.39. The van der Waals surface area contributed by atoms with Crippen molar-refractivity contribution in [3.05, 3.63) is 18.0 Å². The molecule has 0 aliphatic rings. The van der Waals surface area contributed by atoms with Gasteiger partial charge >= 0.3 is 0 Å². The second-order valence-corrected chi connectivity index (χ2v) is 6.11. The lowest BCUT2D eigenvalue weighted by atomic mass is 10.2. The average Bonchev–Trinajstić information content (AvgIpc) is 2.83. The highest BCUT2D eigenvalue weighted by molar-refractivity contribution is 7.89. The molecule has 6 nitrogen and oxygen atoms in total. The van der Waals surface area contributed by atoms with Gasteiger partial charge in [0.25, 0.3) is 0 Å². The summed E-state index contributed by atoms with van der Waals surface area (Å²) in [5.41, 5.74) is 0.850. The predicted molar refractivity (Wildman–Crippen MR) is 74.5 cm³/mol. The molecule has 110 valence electrons. The number of methoxy groups -OCH3 is 1. The van der Waals surface area contributed by atoms with Crippen molar-refractivity contribution in [3.63, 3.8) is 0 Å². The van der Waals surface area contributed by atoms with E-state index < -0.39 is 10.0 Å². The first-order valence-corrected chi connectivity index (χ1v) is 7.89. The maximum atomic E-state index is 12.0. The van der Waals surface area contributed by atoms with Crippen molar-refractivity contribution in [1.29, 1.82) is 0 Å². The summed E-state index contributed by atoms with van der Waals surface area (Å²) in [6.45, 7) is 1.79. The van der Waals surface area contributed by atoms with Crippen LogP contribution in [0.5, 0.6) is 0 Å². The lowest BCUT2D eigenvalue weighted by molar-refractivity contribution is 0.192. The van der Waals surface area contributed by atoms with Crippen LogP contribution < -0.4 is 10.0 Å². The average molecular weight is 289 g/mol. The van der Waals surface area contributed by atoms with Crippen LogP contribution in [0.1, 0.15) is 25.0 Å². The van der Waals surface area contributed by atoms with Crippen molar-refractivity contribution in [1.82, 2.24) is 15.0 Å². The number of nitrogens with one attached hydrogen (secondary N) is 3.